The maximum atomic E-state index is 12.0. The van der Waals surface area contributed by atoms with Crippen LogP contribution in [-0.4, -0.2) is 23.3 Å². The van der Waals surface area contributed by atoms with E-state index in [1.165, 1.54) is 0 Å². The molecule has 0 bridgehead atoms. The number of hydrogen-bond donors (Lipinski definition) is 0. The van der Waals surface area contributed by atoms with Crippen LogP contribution in [0.3, 0.4) is 0 Å². The fourth-order valence-corrected chi connectivity index (χ4v) is 1.58. The van der Waals surface area contributed by atoms with Gasteiger partial charge in [-0.05, 0) is 26.7 Å². The van der Waals surface area contributed by atoms with Crippen LogP contribution >= 0.6 is 0 Å². The Morgan fingerprint density at radius 2 is 2.05 bits per heavy atom. The second kappa shape index (κ2) is 7.57. The highest BCUT2D eigenvalue weighted by atomic mass is 16.7. The number of terminal acetylenes is 1. The van der Waals surface area contributed by atoms with E-state index in [0.29, 0.717) is 17.9 Å². The summed E-state index contributed by atoms with van der Waals surface area (Å²) >= 11 is 0. The lowest BCUT2D eigenvalue weighted by Gasteiger charge is -2.25. The first-order chi connectivity index (χ1) is 8.78. The van der Waals surface area contributed by atoms with Gasteiger partial charge in [-0.25, -0.2) is 4.79 Å². The zero-order valence-electron chi connectivity index (χ0n) is 11.9. The van der Waals surface area contributed by atoms with Gasteiger partial charge in [0, 0.05) is 12.3 Å². The number of rotatable bonds is 6. The van der Waals surface area contributed by atoms with Crippen LogP contribution in [0, 0.1) is 23.7 Å². The molecule has 5 heteroatoms. The SMILES string of the molecule is C#CC(C)CC(C)(C)C(=O)ON(C=O)C(=O)CCC. The van der Waals surface area contributed by atoms with E-state index in [9.17, 15) is 14.4 Å². The topological polar surface area (TPSA) is 63.7 Å². The third-order valence-electron chi connectivity index (χ3n) is 2.64. The molecule has 0 aliphatic carbocycles. The maximum Gasteiger partial charge on any atom is 0.338 e. The fourth-order valence-electron chi connectivity index (χ4n) is 1.58. The monoisotopic (exact) mass is 267 g/mol. The van der Waals surface area contributed by atoms with Gasteiger partial charge in [0.15, 0.2) is 0 Å². The molecule has 19 heavy (non-hydrogen) atoms. The third kappa shape index (κ3) is 5.56. The molecule has 0 aliphatic rings. The summed E-state index contributed by atoms with van der Waals surface area (Å²) in [7, 11) is 0. The first-order valence-corrected chi connectivity index (χ1v) is 6.24. The lowest BCUT2D eigenvalue weighted by atomic mass is 9.84. The molecule has 0 saturated heterocycles. The Bertz CT molecular complexity index is 381. The summed E-state index contributed by atoms with van der Waals surface area (Å²) in [5.74, 6) is 1.25. The van der Waals surface area contributed by atoms with E-state index < -0.39 is 17.3 Å². The van der Waals surface area contributed by atoms with Crippen molar-refractivity contribution in [3.05, 3.63) is 0 Å². The van der Waals surface area contributed by atoms with Crippen LogP contribution in [-0.2, 0) is 19.2 Å². The summed E-state index contributed by atoms with van der Waals surface area (Å²) < 4.78 is 0. The van der Waals surface area contributed by atoms with Crippen molar-refractivity contribution in [2.24, 2.45) is 11.3 Å². The summed E-state index contributed by atoms with van der Waals surface area (Å²) in [5, 5.41) is 0.453. The lowest BCUT2D eigenvalue weighted by Crippen LogP contribution is -2.38. The molecular weight excluding hydrogens is 246 g/mol. The number of carbonyl (C=O) groups excluding carboxylic acids is 3. The minimum absolute atomic E-state index is 0.0985. The van der Waals surface area contributed by atoms with Crippen molar-refractivity contribution >= 4 is 18.3 Å². The Morgan fingerprint density at radius 1 is 1.47 bits per heavy atom. The molecule has 0 aromatic rings. The average molecular weight is 267 g/mol. The lowest BCUT2D eigenvalue weighted by molar-refractivity contribution is -0.203. The number of carbonyl (C=O) groups is 3. The average Bonchev–Trinajstić information content (AvgIpc) is 2.34. The molecule has 2 amide bonds. The van der Waals surface area contributed by atoms with Gasteiger partial charge < -0.3 is 4.84 Å². The minimum Gasteiger partial charge on any atom is -0.330 e. The Morgan fingerprint density at radius 3 is 2.47 bits per heavy atom. The van der Waals surface area contributed by atoms with Crippen molar-refractivity contribution in [2.45, 2.75) is 47.0 Å². The second-order valence-electron chi connectivity index (χ2n) is 5.11. The van der Waals surface area contributed by atoms with Gasteiger partial charge in [-0.2, -0.15) is 0 Å². The summed E-state index contributed by atoms with van der Waals surface area (Å²) in [4.78, 5) is 39.0. The largest absolute Gasteiger partial charge is 0.338 e. The fraction of sp³-hybridized carbons (Fsp3) is 0.643. The second-order valence-corrected chi connectivity index (χ2v) is 5.11. The summed E-state index contributed by atoms with van der Waals surface area (Å²) in [5.41, 5.74) is -0.862. The van der Waals surface area contributed by atoms with E-state index in [1.54, 1.807) is 20.8 Å². The van der Waals surface area contributed by atoms with Crippen LogP contribution in [0.15, 0.2) is 0 Å². The number of imide groups is 1. The molecule has 0 heterocycles. The predicted molar refractivity (Wildman–Crippen MR) is 70.3 cm³/mol. The number of amides is 2. The normalized spacial score (nSPS) is 12.2. The van der Waals surface area contributed by atoms with E-state index in [1.807, 2.05) is 6.92 Å². The summed E-state index contributed by atoms with van der Waals surface area (Å²) in [6, 6.07) is 0. The standard InChI is InChI=1S/C14H21NO4/c1-6-8-12(17)15(10-16)19-13(18)14(4,5)9-11(3)7-2/h2,10-11H,6,8-9H2,1,3-5H3. The van der Waals surface area contributed by atoms with E-state index in [-0.39, 0.29) is 18.7 Å². The summed E-state index contributed by atoms with van der Waals surface area (Å²) in [6.07, 6.45) is 6.60. The van der Waals surface area contributed by atoms with Gasteiger partial charge in [-0.15, -0.1) is 17.4 Å². The molecule has 0 aromatic carbocycles. The van der Waals surface area contributed by atoms with Crippen molar-refractivity contribution in [1.82, 2.24) is 5.06 Å². The molecule has 1 unspecified atom stereocenters. The first kappa shape index (κ1) is 17.2. The minimum atomic E-state index is -0.862. The van der Waals surface area contributed by atoms with Crippen molar-refractivity contribution in [2.75, 3.05) is 0 Å². The van der Waals surface area contributed by atoms with Crippen molar-refractivity contribution in [3.8, 4) is 12.3 Å². The van der Waals surface area contributed by atoms with Crippen LogP contribution in [0.25, 0.3) is 0 Å². The van der Waals surface area contributed by atoms with Crippen LogP contribution < -0.4 is 0 Å². The Labute approximate surface area is 114 Å². The first-order valence-electron chi connectivity index (χ1n) is 6.24. The molecule has 0 radical (unpaired) electrons. The van der Waals surface area contributed by atoms with Crippen molar-refractivity contribution < 1.29 is 19.2 Å². The summed E-state index contributed by atoms with van der Waals surface area (Å²) in [6.45, 7) is 6.93. The van der Waals surface area contributed by atoms with Crippen molar-refractivity contribution in [1.29, 1.82) is 0 Å². The molecule has 0 N–H and O–H groups in total. The Balaban J connectivity index is 4.69. The smallest absolute Gasteiger partial charge is 0.330 e. The quantitative estimate of drug-likeness (QED) is 0.419. The molecule has 0 fully saturated rings. The van der Waals surface area contributed by atoms with Gasteiger partial charge in [-0.3, -0.25) is 9.59 Å². The van der Waals surface area contributed by atoms with Crippen molar-refractivity contribution in [3.63, 3.8) is 0 Å². The molecule has 0 aliphatic heterocycles. The van der Waals surface area contributed by atoms with Gasteiger partial charge in [0.05, 0.1) is 5.41 Å². The number of hydroxylamine groups is 2. The van der Waals surface area contributed by atoms with Crippen LogP contribution in [0.5, 0.6) is 0 Å². The molecule has 0 rings (SSSR count). The predicted octanol–water partition coefficient (Wildman–Crippen LogP) is 1.92. The van der Waals surface area contributed by atoms with E-state index in [2.05, 4.69) is 5.92 Å². The van der Waals surface area contributed by atoms with Gasteiger partial charge in [-0.1, -0.05) is 13.8 Å². The molecule has 0 saturated carbocycles. The maximum absolute atomic E-state index is 12.0. The van der Waals surface area contributed by atoms with Gasteiger partial charge in [0.2, 0.25) is 0 Å². The third-order valence-corrected chi connectivity index (χ3v) is 2.64. The highest BCUT2D eigenvalue weighted by Crippen LogP contribution is 2.27. The molecular formula is C14H21NO4. The molecule has 0 spiro atoms. The van der Waals surface area contributed by atoms with Crippen LogP contribution in [0.1, 0.15) is 47.0 Å². The molecule has 1 atom stereocenters. The Hall–Kier alpha value is -1.83. The van der Waals surface area contributed by atoms with E-state index in [0.717, 1.165) is 0 Å². The highest BCUT2D eigenvalue weighted by molar-refractivity contribution is 5.87. The van der Waals surface area contributed by atoms with Gasteiger partial charge in [0.1, 0.15) is 0 Å². The van der Waals surface area contributed by atoms with Crippen LogP contribution in [0.4, 0.5) is 0 Å². The van der Waals surface area contributed by atoms with E-state index >= 15 is 0 Å². The molecule has 5 nitrogen and oxygen atoms in total. The van der Waals surface area contributed by atoms with Gasteiger partial charge in [0.25, 0.3) is 12.3 Å². The number of hydrogen-bond acceptors (Lipinski definition) is 4. The molecule has 106 valence electrons. The zero-order chi connectivity index (χ0) is 15.1. The zero-order valence-corrected chi connectivity index (χ0v) is 11.9. The van der Waals surface area contributed by atoms with E-state index in [4.69, 9.17) is 11.3 Å². The highest BCUT2D eigenvalue weighted by Gasteiger charge is 2.33. The van der Waals surface area contributed by atoms with Gasteiger partial charge >= 0.3 is 5.97 Å². The number of nitrogens with zero attached hydrogens (tertiary/aromatic N) is 1. The molecule has 0 aromatic heterocycles. The Kier molecular flexibility index (Phi) is 6.84. The van der Waals surface area contributed by atoms with Crippen LogP contribution in [0.2, 0.25) is 0 Å².